The molecule has 0 unspecified atom stereocenters. The van der Waals surface area contributed by atoms with E-state index in [1.165, 1.54) is 0 Å². The van der Waals surface area contributed by atoms with Gasteiger partial charge in [0.25, 0.3) is 0 Å². The van der Waals surface area contributed by atoms with Gasteiger partial charge in [0.15, 0.2) is 0 Å². The topological polar surface area (TPSA) is 38.9 Å². The Balaban J connectivity index is 2.87. The van der Waals surface area contributed by atoms with Crippen LogP contribution in [0.1, 0.15) is 5.76 Å². The lowest BCUT2D eigenvalue weighted by atomic mass is 10.3. The fraction of sp³-hybridized carbons (Fsp3) is 0.143. The van der Waals surface area contributed by atoms with Gasteiger partial charge < -0.3 is 4.52 Å². The molecular weight excluding hydrogens is 255 g/mol. The normalized spacial score (nSPS) is 10.7. The quantitative estimate of drug-likeness (QED) is 0.538. The molecular formula is C7H5IN2O. The molecule has 2 rings (SSSR count). The molecule has 0 aromatic carbocycles. The summed E-state index contributed by atoms with van der Waals surface area (Å²) in [4.78, 5) is 4.08. The van der Waals surface area contributed by atoms with Crippen molar-refractivity contribution in [1.29, 1.82) is 0 Å². The van der Waals surface area contributed by atoms with E-state index in [0.717, 1.165) is 20.4 Å². The fourth-order valence-corrected chi connectivity index (χ4v) is 1.39. The van der Waals surface area contributed by atoms with Crippen LogP contribution in [0.5, 0.6) is 0 Å². The summed E-state index contributed by atoms with van der Waals surface area (Å²) in [6.45, 7) is 1.89. The second kappa shape index (κ2) is 2.44. The van der Waals surface area contributed by atoms with Crippen molar-refractivity contribution in [3.63, 3.8) is 0 Å². The van der Waals surface area contributed by atoms with Crippen LogP contribution in [0.25, 0.3) is 10.9 Å². The molecule has 4 heteroatoms. The number of pyridine rings is 1. The van der Waals surface area contributed by atoms with Crippen LogP contribution in [0.15, 0.2) is 16.8 Å². The Morgan fingerprint density at radius 3 is 3.18 bits per heavy atom. The van der Waals surface area contributed by atoms with E-state index in [-0.39, 0.29) is 0 Å². The second-order valence-electron chi connectivity index (χ2n) is 2.26. The summed E-state index contributed by atoms with van der Waals surface area (Å²) in [7, 11) is 0. The molecule has 0 spiro atoms. The van der Waals surface area contributed by atoms with Gasteiger partial charge in [0.2, 0.25) is 0 Å². The van der Waals surface area contributed by atoms with Gasteiger partial charge in [-0.15, -0.1) is 0 Å². The molecule has 56 valence electrons. The van der Waals surface area contributed by atoms with Crippen LogP contribution in [-0.2, 0) is 0 Å². The van der Waals surface area contributed by atoms with Crippen LogP contribution >= 0.6 is 22.6 Å². The van der Waals surface area contributed by atoms with E-state index in [1.54, 1.807) is 6.20 Å². The number of nitrogens with zero attached hydrogens (tertiary/aromatic N) is 2. The van der Waals surface area contributed by atoms with E-state index in [2.05, 4.69) is 32.7 Å². The molecule has 2 aromatic rings. The summed E-state index contributed by atoms with van der Waals surface area (Å²) in [6, 6.07) is 1.96. The summed E-state index contributed by atoms with van der Waals surface area (Å²) in [5.74, 6) is 0.848. The first kappa shape index (κ1) is 7.02. The van der Waals surface area contributed by atoms with Gasteiger partial charge in [-0.3, -0.25) is 0 Å². The van der Waals surface area contributed by atoms with E-state index in [0.29, 0.717) is 0 Å². The number of aryl methyl sites for hydroxylation is 1. The predicted molar refractivity (Wildman–Crippen MR) is 49.3 cm³/mol. The molecule has 2 aromatic heterocycles. The maximum atomic E-state index is 4.98. The van der Waals surface area contributed by atoms with E-state index in [1.807, 2.05) is 13.0 Å². The van der Waals surface area contributed by atoms with Gasteiger partial charge in [-0.2, -0.15) is 0 Å². The summed E-state index contributed by atoms with van der Waals surface area (Å²) < 4.78 is 5.94. The maximum absolute atomic E-state index is 4.98. The minimum atomic E-state index is 0.822. The highest BCUT2D eigenvalue weighted by Crippen LogP contribution is 2.17. The van der Waals surface area contributed by atoms with Crippen molar-refractivity contribution in [1.82, 2.24) is 10.1 Å². The zero-order chi connectivity index (χ0) is 7.84. The summed E-state index contributed by atoms with van der Waals surface area (Å²) in [5.41, 5.74) is 0.822. The molecule has 0 aliphatic carbocycles. The van der Waals surface area contributed by atoms with Gasteiger partial charge in [0.1, 0.15) is 15.0 Å². The molecule has 0 fully saturated rings. The van der Waals surface area contributed by atoms with Crippen molar-refractivity contribution < 1.29 is 4.52 Å². The van der Waals surface area contributed by atoms with Crippen LogP contribution in [0, 0.1) is 10.6 Å². The van der Waals surface area contributed by atoms with Crippen LogP contribution in [0.3, 0.4) is 0 Å². The molecule has 2 heterocycles. The predicted octanol–water partition coefficient (Wildman–Crippen LogP) is 2.14. The average molecular weight is 260 g/mol. The lowest BCUT2D eigenvalue weighted by molar-refractivity contribution is 0.405. The molecule has 0 atom stereocenters. The van der Waals surface area contributed by atoms with Crippen molar-refractivity contribution >= 4 is 33.5 Å². The van der Waals surface area contributed by atoms with E-state index in [9.17, 15) is 0 Å². The number of rotatable bonds is 0. The molecule has 0 radical (unpaired) electrons. The first-order valence-corrected chi connectivity index (χ1v) is 4.23. The van der Waals surface area contributed by atoms with Gasteiger partial charge in [-0.25, -0.2) is 4.98 Å². The second-order valence-corrected chi connectivity index (χ2v) is 3.37. The largest absolute Gasteiger partial charge is 0.360 e. The summed E-state index contributed by atoms with van der Waals surface area (Å²) in [6.07, 6.45) is 1.72. The zero-order valence-electron chi connectivity index (χ0n) is 5.84. The Morgan fingerprint density at radius 2 is 2.36 bits per heavy atom. The SMILES string of the molecule is Cc1onc2cnc(I)cc12. The van der Waals surface area contributed by atoms with E-state index < -0.39 is 0 Å². The Labute approximate surface area is 76.9 Å². The molecule has 0 N–H and O–H groups in total. The number of halogens is 1. The Kier molecular flexibility index (Phi) is 1.56. The number of aromatic nitrogens is 2. The number of hydrogen-bond acceptors (Lipinski definition) is 3. The Hall–Kier alpha value is -0.650. The van der Waals surface area contributed by atoms with E-state index >= 15 is 0 Å². The van der Waals surface area contributed by atoms with Crippen molar-refractivity contribution in [3.05, 3.63) is 21.7 Å². The minimum absolute atomic E-state index is 0.822. The van der Waals surface area contributed by atoms with Crippen LogP contribution in [0.2, 0.25) is 0 Å². The van der Waals surface area contributed by atoms with Crippen LogP contribution in [0.4, 0.5) is 0 Å². The van der Waals surface area contributed by atoms with Crippen LogP contribution < -0.4 is 0 Å². The average Bonchev–Trinajstić information content (AvgIpc) is 2.33. The number of fused-ring (bicyclic) bond motifs is 1. The first-order valence-electron chi connectivity index (χ1n) is 3.15. The Morgan fingerprint density at radius 1 is 1.55 bits per heavy atom. The van der Waals surface area contributed by atoms with E-state index in [4.69, 9.17) is 4.52 Å². The highest BCUT2D eigenvalue weighted by molar-refractivity contribution is 14.1. The zero-order valence-corrected chi connectivity index (χ0v) is 7.99. The van der Waals surface area contributed by atoms with Gasteiger partial charge in [-0.1, -0.05) is 5.16 Å². The smallest absolute Gasteiger partial charge is 0.141 e. The fourth-order valence-electron chi connectivity index (χ4n) is 0.944. The van der Waals surface area contributed by atoms with Crippen molar-refractivity contribution in [2.24, 2.45) is 0 Å². The Bertz CT molecular complexity index is 396. The summed E-state index contributed by atoms with van der Waals surface area (Å²) >= 11 is 2.16. The third kappa shape index (κ3) is 1.11. The third-order valence-electron chi connectivity index (χ3n) is 1.51. The van der Waals surface area contributed by atoms with Gasteiger partial charge in [0.05, 0.1) is 6.20 Å². The highest BCUT2D eigenvalue weighted by atomic mass is 127. The minimum Gasteiger partial charge on any atom is -0.360 e. The summed E-state index contributed by atoms with van der Waals surface area (Å²) in [5, 5.41) is 4.86. The molecule has 0 amide bonds. The monoisotopic (exact) mass is 260 g/mol. The lowest BCUT2D eigenvalue weighted by Gasteiger charge is -1.87. The lowest BCUT2D eigenvalue weighted by Crippen LogP contribution is -1.78. The molecule has 3 nitrogen and oxygen atoms in total. The molecule has 0 aliphatic rings. The third-order valence-corrected chi connectivity index (χ3v) is 2.10. The van der Waals surface area contributed by atoms with Gasteiger partial charge in [-0.05, 0) is 35.6 Å². The van der Waals surface area contributed by atoms with Crippen molar-refractivity contribution in [3.8, 4) is 0 Å². The molecule has 0 bridgehead atoms. The molecule has 11 heavy (non-hydrogen) atoms. The van der Waals surface area contributed by atoms with Gasteiger partial charge in [0, 0.05) is 5.39 Å². The molecule has 0 aliphatic heterocycles. The molecule has 0 saturated carbocycles. The number of hydrogen-bond donors (Lipinski definition) is 0. The maximum Gasteiger partial charge on any atom is 0.141 e. The van der Waals surface area contributed by atoms with Crippen LogP contribution in [-0.4, -0.2) is 10.1 Å². The highest BCUT2D eigenvalue weighted by Gasteiger charge is 2.03. The van der Waals surface area contributed by atoms with Gasteiger partial charge >= 0.3 is 0 Å². The van der Waals surface area contributed by atoms with Crippen molar-refractivity contribution in [2.75, 3.05) is 0 Å². The standard InChI is InChI=1S/C7H5IN2O/c1-4-5-2-7(8)9-3-6(5)10-11-4/h2-3H,1H3. The first-order chi connectivity index (χ1) is 5.27. The molecule has 0 saturated heterocycles. The van der Waals surface area contributed by atoms with Crippen molar-refractivity contribution in [2.45, 2.75) is 6.92 Å².